The fourth-order valence-electron chi connectivity index (χ4n) is 3.54. The number of rotatable bonds is 7. The number of hydrogen-bond acceptors (Lipinski definition) is 4. The molecule has 0 amide bonds. The molecule has 0 aliphatic heterocycles. The molecule has 0 heterocycles. The molecule has 8 heteroatoms. The number of aliphatic hydroxyl groups is 1. The van der Waals surface area contributed by atoms with E-state index in [0.717, 1.165) is 31.9 Å². The van der Waals surface area contributed by atoms with Gasteiger partial charge in [-0.3, -0.25) is 0 Å². The van der Waals surface area contributed by atoms with Gasteiger partial charge in [0.2, 0.25) is 0 Å². The lowest BCUT2D eigenvalue weighted by molar-refractivity contribution is 0.00397. The van der Waals surface area contributed by atoms with E-state index < -0.39 is 15.7 Å². The molecule has 2 atom stereocenters. The molecular formula is C20H32FN3O3S. The zero-order valence-corrected chi connectivity index (χ0v) is 17.8. The molecule has 158 valence electrons. The molecular weight excluding hydrogens is 381 g/mol. The lowest BCUT2D eigenvalue weighted by Gasteiger charge is -2.38. The Hall–Kier alpha value is -1.67. The Balaban J connectivity index is 2.13. The fourth-order valence-corrected chi connectivity index (χ4v) is 4.39. The normalized spacial score (nSPS) is 23.5. The number of guanidine groups is 1. The summed E-state index contributed by atoms with van der Waals surface area (Å²) in [5.41, 5.74) is 0.888. The summed E-state index contributed by atoms with van der Waals surface area (Å²) in [6.45, 7) is 5.43. The summed E-state index contributed by atoms with van der Waals surface area (Å²) in [6.07, 6.45) is 4.72. The van der Waals surface area contributed by atoms with Crippen molar-refractivity contribution in [2.75, 3.05) is 19.3 Å². The van der Waals surface area contributed by atoms with Crippen LogP contribution in [0, 0.1) is 11.2 Å². The van der Waals surface area contributed by atoms with Crippen LogP contribution in [0.2, 0.25) is 0 Å². The third kappa shape index (κ3) is 6.74. The number of nitrogens with zero attached hydrogens (tertiary/aromatic N) is 1. The highest BCUT2D eigenvalue weighted by Gasteiger charge is 2.35. The van der Waals surface area contributed by atoms with Crippen LogP contribution in [0.25, 0.3) is 0 Å². The highest BCUT2D eigenvalue weighted by atomic mass is 32.2. The average molecular weight is 414 g/mol. The van der Waals surface area contributed by atoms with Gasteiger partial charge in [0.25, 0.3) is 0 Å². The van der Waals surface area contributed by atoms with Crippen molar-refractivity contribution >= 4 is 15.8 Å². The van der Waals surface area contributed by atoms with Gasteiger partial charge < -0.3 is 15.7 Å². The molecule has 0 saturated heterocycles. The van der Waals surface area contributed by atoms with Gasteiger partial charge in [0.05, 0.1) is 18.4 Å². The fraction of sp³-hybridized carbons (Fsp3) is 0.650. The second-order valence-electron chi connectivity index (χ2n) is 7.95. The van der Waals surface area contributed by atoms with Gasteiger partial charge in [0, 0.05) is 24.8 Å². The molecule has 28 heavy (non-hydrogen) atoms. The molecule has 2 rings (SSSR count). The smallest absolute Gasteiger partial charge is 0.191 e. The Morgan fingerprint density at radius 2 is 2.07 bits per heavy atom. The molecule has 1 aromatic carbocycles. The monoisotopic (exact) mass is 413 g/mol. The number of benzene rings is 1. The topological polar surface area (TPSA) is 90.8 Å². The number of nitrogens with one attached hydrogen (secondary N) is 2. The Kier molecular flexibility index (Phi) is 7.83. The Bertz CT molecular complexity index is 798. The van der Waals surface area contributed by atoms with Crippen molar-refractivity contribution in [2.45, 2.75) is 57.9 Å². The Labute approximate surface area is 167 Å². The zero-order valence-electron chi connectivity index (χ0n) is 17.0. The minimum absolute atomic E-state index is 0.146. The molecule has 1 aliphatic rings. The average Bonchev–Trinajstić information content (AvgIpc) is 2.61. The lowest BCUT2D eigenvalue weighted by Crippen LogP contribution is -2.48. The standard InChI is InChI=1S/C20H32FN3O3S/c1-4-22-19(24-14-20(2)10-6-5-7-18(20)25)23-12-16-11-17(21)9-8-15(16)13-28(3,26)27/h8-9,11,18,25H,4-7,10,12-14H2,1-3H3,(H2,22,23,24). The van der Waals surface area contributed by atoms with Gasteiger partial charge in [-0.2, -0.15) is 0 Å². The van der Waals surface area contributed by atoms with Crippen LogP contribution >= 0.6 is 0 Å². The van der Waals surface area contributed by atoms with Crippen molar-refractivity contribution in [3.63, 3.8) is 0 Å². The predicted octanol–water partition coefficient (Wildman–Crippen LogP) is 2.37. The molecule has 0 radical (unpaired) electrons. The summed E-state index contributed by atoms with van der Waals surface area (Å²) in [6, 6.07) is 4.10. The second-order valence-corrected chi connectivity index (χ2v) is 10.1. The number of hydrogen-bond donors (Lipinski definition) is 3. The summed E-state index contributed by atoms with van der Waals surface area (Å²) >= 11 is 0. The van der Waals surface area contributed by atoms with Crippen LogP contribution in [0.3, 0.4) is 0 Å². The molecule has 0 spiro atoms. The number of aliphatic hydroxyl groups excluding tert-OH is 1. The van der Waals surface area contributed by atoms with Crippen molar-refractivity contribution in [2.24, 2.45) is 10.4 Å². The summed E-state index contributed by atoms with van der Waals surface area (Å²) in [4.78, 5) is 4.51. The number of halogens is 1. The van der Waals surface area contributed by atoms with Crippen LogP contribution in [0.4, 0.5) is 4.39 Å². The van der Waals surface area contributed by atoms with Crippen molar-refractivity contribution in [3.8, 4) is 0 Å². The van der Waals surface area contributed by atoms with E-state index in [0.29, 0.717) is 30.2 Å². The van der Waals surface area contributed by atoms with E-state index in [1.165, 1.54) is 18.2 Å². The van der Waals surface area contributed by atoms with E-state index in [2.05, 4.69) is 22.5 Å². The number of aliphatic imine (C=N–C) groups is 1. The summed E-state index contributed by atoms with van der Waals surface area (Å²) < 4.78 is 37.0. The van der Waals surface area contributed by atoms with Crippen molar-refractivity contribution in [3.05, 3.63) is 35.1 Å². The van der Waals surface area contributed by atoms with E-state index in [-0.39, 0.29) is 23.8 Å². The molecule has 3 N–H and O–H groups in total. The summed E-state index contributed by atoms with van der Waals surface area (Å²) in [5.74, 6) is 0.00105. The van der Waals surface area contributed by atoms with Crippen LogP contribution < -0.4 is 10.6 Å². The Morgan fingerprint density at radius 3 is 2.71 bits per heavy atom. The summed E-state index contributed by atoms with van der Waals surface area (Å²) in [7, 11) is -3.23. The van der Waals surface area contributed by atoms with Gasteiger partial charge in [-0.25, -0.2) is 17.8 Å². The van der Waals surface area contributed by atoms with Crippen LogP contribution in [-0.2, 0) is 22.1 Å². The first kappa shape index (κ1) is 22.6. The molecule has 1 saturated carbocycles. The van der Waals surface area contributed by atoms with Gasteiger partial charge in [-0.05, 0) is 43.0 Å². The largest absolute Gasteiger partial charge is 0.392 e. The Morgan fingerprint density at radius 1 is 1.32 bits per heavy atom. The SMILES string of the molecule is CCNC(=NCc1cc(F)ccc1CS(C)(=O)=O)NCC1(C)CCCCC1O. The van der Waals surface area contributed by atoms with Gasteiger partial charge in [0.15, 0.2) is 15.8 Å². The lowest BCUT2D eigenvalue weighted by atomic mass is 9.73. The molecule has 1 aliphatic carbocycles. The first-order valence-electron chi connectivity index (χ1n) is 9.78. The summed E-state index contributed by atoms with van der Waals surface area (Å²) in [5, 5.41) is 16.8. The first-order valence-corrected chi connectivity index (χ1v) is 11.8. The maximum atomic E-state index is 13.7. The maximum absolute atomic E-state index is 13.7. The third-order valence-corrected chi connectivity index (χ3v) is 6.11. The quantitative estimate of drug-likeness (QED) is 0.472. The molecule has 1 fully saturated rings. The van der Waals surface area contributed by atoms with Crippen LogP contribution in [-0.4, -0.2) is 44.9 Å². The highest BCUT2D eigenvalue weighted by molar-refractivity contribution is 7.89. The molecule has 0 aromatic heterocycles. The van der Waals surface area contributed by atoms with Gasteiger partial charge >= 0.3 is 0 Å². The van der Waals surface area contributed by atoms with Gasteiger partial charge in [0.1, 0.15) is 5.82 Å². The van der Waals surface area contributed by atoms with E-state index in [1.807, 2.05) is 6.92 Å². The van der Waals surface area contributed by atoms with E-state index in [9.17, 15) is 17.9 Å². The minimum atomic E-state index is -3.23. The van der Waals surface area contributed by atoms with Crippen molar-refractivity contribution in [1.29, 1.82) is 0 Å². The van der Waals surface area contributed by atoms with Crippen molar-refractivity contribution < 1.29 is 17.9 Å². The third-order valence-electron chi connectivity index (χ3n) is 5.28. The molecule has 2 unspecified atom stereocenters. The van der Waals surface area contributed by atoms with Crippen molar-refractivity contribution in [1.82, 2.24) is 10.6 Å². The van der Waals surface area contributed by atoms with Crippen LogP contribution in [0.15, 0.2) is 23.2 Å². The van der Waals surface area contributed by atoms with Crippen LogP contribution in [0.1, 0.15) is 50.7 Å². The van der Waals surface area contributed by atoms with E-state index in [1.54, 1.807) is 0 Å². The van der Waals surface area contributed by atoms with E-state index >= 15 is 0 Å². The van der Waals surface area contributed by atoms with E-state index in [4.69, 9.17) is 0 Å². The van der Waals surface area contributed by atoms with Gasteiger partial charge in [-0.1, -0.05) is 25.8 Å². The van der Waals surface area contributed by atoms with Gasteiger partial charge in [-0.15, -0.1) is 0 Å². The minimum Gasteiger partial charge on any atom is -0.392 e. The second kappa shape index (κ2) is 9.69. The molecule has 0 bridgehead atoms. The maximum Gasteiger partial charge on any atom is 0.191 e. The highest BCUT2D eigenvalue weighted by Crippen LogP contribution is 2.35. The molecule has 6 nitrogen and oxygen atoms in total. The molecule has 1 aromatic rings. The predicted molar refractivity (Wildman–Crippen MR) is 110 cm³/mol. The van der Waals surface area contributed by atoms with Crippen LogP contribution in [0.5, 0.6) is 0 Å². The number of sulfone groups is 1. The zero-order chi connectivity index (χ0) is 20.8. The first-order chi connectivity index (χ1) is 13.1.